The molecular formula is C20H35N7. The van der Waals surface area contributed by atoms with Crippen molar-refractivity contribution in [1.29, 1.82) is 0 Å². The van der Waals surface area contributed by atoms with E-state index in [9.17, 15) is 0 Å². The van der Waals surface area contributed by atoms with Crippen LogP contribution < -0.4 is 10.6 Å². The molecular weight excluding hydrogens is 338 g/mol. The molecule has 0 bridgehead atoms. The standard InChI is InChI=1S/C20H35N7/c1-15-24-25-19(26(15)2)13-21-20(22-16-7-3-4-8-16)23-17-11-12-27(14-17)18-9-5-6-10-18/h16-18H,3-14H2,1-2H3,(H2,21,22,23). The third-order valence-electron chi connectivity index (χ3n) is 6.66. The molecule has 4 rings (SSSR count). The molecule has 2 N–H and O–H groups in total. The van der Waals surface area contributed by atoms with Crippen LogP contribution in [0, 0.1) is 6.92 Å². The van der Waals surface area contributed by atoms with E-state index in [4.69, 9.17) is 4.99 Å². The van der Waals surface area contributed by atoms with Crippen molar-refractivity contribution in [2.75, 3.05) is 13.1 Å². The maximum Gasteiger partial charge on any atom is 0.192 e. The average molecular weight is 374 g/mol. The lowest BCUT2D eigenvalue weighted by atomic mass is 10.2. The molecule has 150 valence electrons. The molecule has 3 aliphatic rings. The molecule has 2 saturated carbocycles. The van der Waals surface area contributed by atoms with E-state index in [1.54, 1.807) is 0 Å². The Balaban J connectivity index is 1.38. The minimum Gasteiger partial charge on any atom is -0.354 e. The van der Waals surface area contributed by atoms with Crippen LogP contribution in [0.3, 0.4) is 0 Å². The minimum absolute atomic E-state index is 0.500. The lowest BCUT2D eigenvalue weighted by Crippen LogP contribution is -2.48. The van der Waals surface area contributed by atoms with Crippen LogP contribution in [0.2, 0.25) is 0 Å². The highest BCUT2D eigenvalue weighted by Crippen LogP contribution is 2.26. The lowest BCUT2D eigenvalue weighted by Gasteiger charge is -2.25. The Morgan fingerprint density at radius 3 is 2.41 bits per heavy atom. The van der Waals surface area contributed by atoms with Gasteiger partial charge in [0.25, 0.3) is 0 Å². The Labute approximate surface area is 163 Å². The van der Waals surface area contributed by atoms with Gasteiger partial charge in [-0.1, -0.05) is 25.7 Å². The van der Waals surface area contributed by atoms with Crippen molar-refractivity contribution in [2.45, 2.75) is 89.4 Å². The van der Waals surface area contributed by atoms with Crippen LogP contribution in [0.25, 0.3) is 0 Å². The first-order valence-electron chi connectivity index (χ1n) is 10.9. The molecule has 3 fully saturated rings. The smallest absolute Gasteiger partial charge is 0.192 e. The summed E-state index contributed by atoms with van der Waals surface area (Å²) in [6, 6.07) is 1.88. The maximum absolute atomic E-state index is 4.87. The second-order valence-corrected chi connectivity index (χ2v) is 8.58. The molecule has 1 saturated heterocycles. The first-order valence-corrected chi connectivity index (χ1v) is 10.9. The molecule has 1 atom stereocenters. The fourth-order valence-electron chi connectivity index (χ4n) is 4.83. The quantitative estimate of drug-likeness (QED) is 0.611. The molecule has 1 aromatic rings. The first-order chi connectivity index (χ1) is 13.2. The number of aliphatic imine (C=N–C) groups is 1. The van der Waals surface area contributed by atoms with Gasteiger partial charge in [-0.15, -0.1) is 10.2 Å². The number of nitrogens with one attached hydrogen (secondary N) is 2. The fourth-order valence-corrected chi connectivity index (χ4v) is 4.83. The summed E-state index contributed by atoms with van der Waals surface area (Å²) in [5.74, 6) is 2.81. The monoisotopic (exact) mass is 373 g/mol. The number of rotatable bonds is 5. The Kier molecular flexibility index (Phi) is 5.95. The predicted octanol–water partition coefficient (Wildman–Crippen LogP) is 2.12. The summed E-state index contributed by atoms with van der Waals surface area (Å²) < 4.78 is 2.02. The normalized spacial score (nSPS) is 25.6. The van der Waals surface area contributed by atoms with Crippen molar-refractivity contribution in [3.8, 4) is 0 Å². The third-order valence-corrected chi connectivity index (χ3v) is 6.66. The Morgan fingerprint density at radius 2 is 1.70 bits per heavy atom. The molecule has 2 heterocycles. The minimum atomic E-state index is 0.500. The summed E-state index contributed by atoms with van der Waals surface area (Å²) in [7, 11) is 2.01. The van der Waals surface area contributed by atoms with Crippen LogP contribution in [0.1, 0.15) is 69.4 Å². The number of hydrogen-bond donors (Lipinski definition) is 2. The second-order valence-electron chi connectivity index (χ2n) is 8.58. The molecule has 27 heavy (non-hydrogen) atoms. The SMILES string of the molecule is Cc1nnc(CN=C(NC2CCCC2)NC2CCN(C3CCCC3)C2)n1C. The van der Waals surface area contributed by atoms with Gasteiger partial charge in [0.1, 0.15) is 12.4 Å². The summed E-state index contributed by atoms with van der Waals surface area (Å²) in [6.07, 6.45) is 12.0. The van der Waals surface area contributed by atoms with Crippen LogP contribution in [0.5, 0.6) is 0 Å². The van der Waals surface area contributed by atoms with Crippen molar-refractivity contribution >= 4 is 5.96 Å². The summed E-state index contributed by atoms with van der Waals surface area (Å²) in [6.45, 7) is 4.92. The second kappa shape index (κ2) is 8.59. The largest absolute Gasteiger partial charge is 0.354 e. The summed E-state index contributed by atoms with van der Waals surface area (Å²) in [4.78, 5) is 7.57. The molecule has 2 aliphatic carbocycles. The van der Waals surface area contributed by atoms with Gasteiger partial charge in [0.05, 0.1) is 0 Å². The molecule has 1 aliphatic heterocycles. The molecule has 0 spiro atoms. The van der Waals surface area contributed by atoms with Crippen molar-refractivity contribution in [1.82, 2.24) is 30.3 Å². The van der Waals surface area contributed by atoms with E-state index < -0.39 is 0 Å². The van der Waals surface area contributed by atoms with Gasteiger partial charge < -0.3 is 15.2 Å². The summed E-state index contributed by atoms with van der Waals surface area (Å²) >= 11 is 0. The molecule has 1 aromatic heterocycles. The van der Waals surface area contributed by atoms with Gasteiger partial charge in [0.15, 0.2) is 11.8 Å². The van der Waals surface area contributed by atoms with Gasteiger partial charge in [0.2, 0.25) is 0 Å². The molecule has 7 nitrogen and oxygen atoms in total. The van der Waals surface area contributed by atoms with Crippen LogP contribution in [0.4, 0.5) is 0 Å². The van der Waals surface area contributed by atoms with E-state index >= 15 is 0 Å². The average Bonchev–Trinajstić information content (AvgIpc) is 3.44. The fraction of sp³-hybridized carbons (Fsp3) is 0.850. The topological polar surface area (TPSA) is 70.4 Å². The summed E-state index contributed by atoms with van der Waals surface area (Å²) in [5.41, 5.74) is 0. The number of guanidine groups is 1. The van der Waals surface area contributed by atoms with Gasteiger partial charge in [-0.25, -0.2) is 4.99 Å². The zero-order valence-electron chi connectivity index (χ0n) is 17.0. The van der Waals surface area contributed by atoms with Crippen LogP contribution in [0.15, 0.2) is 4.99 Å². The van der Waals surface area contributed by atoms with Crippen molar-refractivity contribution in [2.24, 2.45) is 12.0 Å². The Hall–Kier alpha value is -1.63. The number of hydrogen-bond acceptors (Lipinski definition) is 4. The number of likely N-dealkylation sites (tertiary alicyclic amines) is 1. The summed E-state index contributed by atoms with van der Waals surface area (Å²) in [5, 5.41) is 15.8. The van der Waals surface area contributed by atoms with Crippen LogP contribution >= 0.6 is 0 Å². The number of aromatic nitrogens is 3. The molecule has 0 radical (unpaired) electrons. The zero-order valence-corrected chi connectivity index (χ0v) is 17.0. The molecule has 0 aromatic carbocycles. The van der Waals surface area contributed by atoms with E-state index in [0.717, 1.165) is 30.2 Å². The highest BCUT2D eigenvalue weighted by molar-refractivity contribution is 5.80. The van der Waals surface area contributed by atoms with E-state index in [1.807, 2.05) is 18.5 Å². The van der Waals surface area contributed by atoms with Crippen molar-refractivity contribution in [3.05, 3.63) is 11.6 Å². The highest BCUT2D eigenvalue weighted by Gasteiger charge is 2.30. The highest BCUT2D eigenvalue weighted by atomic mass is 15.3. The van der Waals surface area contributed by atoms with Crippen molar-refractivity contribution in [3.63, 3.8) is 0 Å². The van der Waals surface area contributed by atoms with E-state index in [-0.39, 0.29) is 0 Å². The van der Waals surface area contributed by atoms with Crippen LogP contribution in [-0.2, 0) is 13.6 Å². The van der Waals surface area contributed by atoms with Crippen LogP contribution in [-0.4, -0.2) is 56.8 Å². The van der Waals surface area contributed by atoms with E-state index in [1.165, 1.54) is 64.3 Å². The Bertz CT molecular complexity index is 641. The van der Waals surface area contributed by atoms with Gasteiger partial charge in [-0.3, -0.25) is 4.90 Å². The number of nitrogens with zero attached hydrogens (tertiary/aromatic N) is 5. The maximum atomic E-state index is 4.87. The van der Waals surface area contributed by atoms with Gasteiger partial charge in [-0.05, 0) is 39.0 Å². The lowest BCUT2D eigenvalue weighted by molar-refractivity contribution is 0.242. The van der Waals surface area contributed by atoms with Crippen molar-refractivity contribution < 1.29 is 0 Å². The van der Waals surface area contributed by atoms with Gasteiger partial charge >= 0.3 is 0 Å². The van der Waals surface area contributed by atoms with E-state index in [2.05, 4.69) is 25.7 Å². The molecule has 7 heteroatoms. The predicted molar refractivity (Wildman–Crippen MR) is 108 cm³/mol. The molecule has 0 amide bonds. The third kappa shape index (κ3) is 4.62. The first kappa shape index (κ1) is 18.7. The Morgan fingerprint density at radius 1 is 1.00 bits per heavy atom. The van der Waals surface area contributed by atoms with E-state index in [0.29, 0.717) is 18.6 Å². The number of aryl methyl sites for hydroxylation is 1. The molecule has 1 unspecified atom stereocenters. The van der Waals surface area contributed by atoms with Gasteiger partial charge in [-0.2, -0.15) is 0 Å². The zero-order chi connectivity index (χ0) is 18.6. The van der Waals surface area contributed by atoms with Gasteiger partial charge in [0, 0.05) is 38.3 Å².